The lowest BCUT2D eigenvalue weighted by Crippen LogP contribution is -2.54. The Labute approximate surface area is 140 Å². The van der Waals surface area contributed by atoms with E-state index in [4.69, 9.17) is 0 Å². The van der Waals surface area contributed by atoms with Gasteiger partial charge in [0.1, 0.15) is 0 Å². The average molecular weight is 314 g/mol. The van der Waals surface area contributed by atoms with Crippen molar-refractivity contribution < 1.29 is 9.90 Å². The summed E-state index contributed by atoms with van der Waals surface area (Å²) in [7, 11) is 0. The molecule has 1 N–H and O–H groups in total. The van der Waals surface area contributed by atoms with Gasteiger partial charge in [-0.2, -0.15) is 0 Å². The van der Waals surface area contributed by atoms with E-state index >= 15 is 0 Å². The van der Waals surface area contributed by atoms with Crippen LogP contribution in [-0.4, -0.2) is 16.5 Å². The fourth-order valence-electron chi connectivity index (χ4n) is 6.95. The van der Waals surface area contributed by atoms with Crippen LogP contribution in [0.3, 0.4) is 0 Å². The Morgan fingerprint density at radius 2 is 1.87 bits per heavy atom. The molecule has 4 rings (SSSR count). The largest absolute Gasteiger partial charge is 0.385 e. The van der Waals surface area contributed by atoms with Gasteiger partial charge in [-0.3, -0.25) is 4.79 Å². The Kier molecular flexibility index (Phi) is 3.27. The molecule has 0 saturated heterocycles. The second-order valence-electron chi connectivity index (χ2n) is 9.09. The van der Waals surface area contributed by atoms with E-state index < -0.39 is 5.60 Å². The monoisotopic (exact) mass is 314 g/mol. The van der Waals surface area contributed by atoms with Gasteiger partial charge in [0.15, 0.2) is 5.78 Å². The fraction of sp³-hybridized carbons (Fsp3) is 0.762. The lowest BCUT2D eigenvalue weighted by molar-refractivity contribution is -0.120. The molecule has 2 nitrogen and oxygen atoms in total. The van der Waals surface area contributed by atoms with E-state index in [2.05, 4.69) is 20.4 Å². The number of allylic oxidation sites excluding steroid dienone is 1. The number of fused-ring (bicyclic) bond motifs is 5. The van der Waals surface area contributed by atoms with Crippen LogP contribution in [0.1, 0.15) is 65.2 Å². The van der Waals surface area contributed by atoms with Gasteiger partial charge in [-0.1, -0.05) is 25.5 Å². The highest BCUT2D eigenvalue weighted by atomic mass is 16.3. The maximum atomic E-state index is 11.9. The van der Waals surface area contributed by atoms with Crippen molar-refractivity contribution in [1.29, 1.82) is 0 Å². The first kappa shape index (κ1) is 15.6. The van der Waals surface area contributed by atoms with Crippen molar-refractivity contribution in [2.45, 2.75) is 70.8 Å². The quantitative estimate of drug-likeness (QED) is 0.727. The van der Waals surface area contributed by atoms with Gasteiger partial charge in [0.05, 0.1) is 5.60 Å². The summed E-state index contributed by atoms with van der Waals surface area (Å²) in [6.07, 6.45) is 12.1. The molecule has 0 aliphatic heterocycles. The van der Waals surface area contributed by atoms with Crippen molar-refractivity contribution in [2.24, 2.45) is 28.6 Å². The summed E-state index contributed by atoms with van der Waals surface area (Å²) in [5.74, 6) is 2.35. The highest BCUT2D eigenvalue weighted by Crippen LogP contribution is 2.67. The van der Waals surface area contributed by atoms with E-state index in [0.29, 0.717) is 23.5 Å². The minimum atomic E-state index is -0.678. The molecule has 23 heavy (non-hydrogen) atoms. The highest BCUT2D eigenvalue weighted by molar-refractivity contribution is 5.91. The van der Waals surface area contributed by atoms with Crippen LogP contribution in [0.25, 0.3) is 0 Å². The normalized spacial score (nSPS) is 52.2. The van der Waals surface area contributed by atoms with Gasteiger partial charge in [-0.05, 0) is 74.2 Å². The van der Waals surface area contributed by atoms with Crippen molar-refractivity contribution in [1.82, 2.24) is 0 Å². The fourth-order valence-corrected chi connectivity index (χ4v) is 6.95. The Balaban J connectivity index is 1.70. The number of rotatable bonds is 1. The maximum Gasteiger partial charge on any atom is 0.155 e. The third-order valence-corrected chi connectivity index (χ3v) is 8.51. The minimum Gasteiger partial charge on any atom is -0.385 e. The molecule has 4 aliphatic rings. The SMILES string of the molecule is C=C[C@]1(O)CC[C@@H]2[C@@H]3CCC4=CC(=O)CC[C@]4(C)[C@H]3CC[C@@]21C. The summed E-state index contributed by atoms with van der Waals surface area (Å²) < 4.78 is 0. The number of carbonyl (C=O) groups is 1. The van der Waals surface area contributed by atoms with Gasteiger partial charge in [0.25, 0.3) is 0 Å². The number of hydrogen-bond donors (Lipinski definition) is 1. The zero-order valence-corrected chi connectivity index (χ0v) is 14.6. The Morgan fingerprint density at radius 1 is 1.13 bits per heavy atom. The van der Waals surface area contributed by atoms with Crippen LogP contribution in [0, 0.1) is 28.6 Å². The number of aliphatic hydroxyl groups is 1. The zero-order valence-electron chi connectivity index (χ0n) is 14.6. The number of hydrogen-bond acceptors (Lipinski definition) is 2. The third kappa shape index (κ3) is 1.88. The molecule has 0 amide bonds. The smallest absolute Gasteiger partial charge is 0.155 e. The molecule has 0 unspecified atom stereocenters. The average Bonchev–Trinajstić information content (AvgIpc) is 2.80. The highest BCUT2D eigenvalue weighted by Gasteiger charge is 2.62. The van der Waals surface area contributed by atoms with Gasteiger partial charge in [0, 0.05) is 11.8 Å². The van der Waals surface area contributed by atoms with E-state index in [-0.39, 0.29) is 10.8 Å². The van der Waals surface area contributed by atoms with E-state index in [1.54, 1.807) is 0 Å². The predicted octanol–water partition coefficient (Wildman–Crippen LogP) is 4.44. The Hall–Kier alpha value is -0.890. The summed E-state index contributed by atoms with van der Waals surface area (Å²) in [4.78, 5) is 11.9. The second kappa shape index (κ2) is 4.81. The van der Waals surface area contributed by atoms with Gasteiger partial charge < -0.3 is 5.11 Å². The van der Waals surface area contributed by atoms with Crippen LogP contribution >= 0.6 is 0 Å². The first-order valence-electron chi connectivity index (χ1n) is 9.44. The molecule has 0 aromatic heterocycles. The van der Waals surface area contributed by atoms with Gasteiger partial charge >= 0.3 is 0 Å². The van der Waals surface area contributed by atoms with Gasteiger partial charge in [-0.15, -0.1) is 6.58 Å². The second-order valence-corrected chi connectivity index (χ2v) is 9.09. The first-order chi connectivity index (χ1) is 10.8. The summed E-state index contributed by atoms with van der Waals surface area (Å²) in [6.45, 7) is 8.67. The summed E-state index contributed by atoms with van der Waals surface area (Å²) in [6, 6.07) is 0. The Bertz CT molecular complexity index is 591. The maximum absolute atomic E-state index is 11.9. The number of ketones is 1. The van der Waals surface area contributed by atoms with Gasteiger partial charge in [-0.25, -0.2) is 0 Å². The lowest BCUT2D eigenvalue weighted by atomic mass is 9.46. The van der Waals surface area contributed by atoms with E-state index in [1.165, 1.54) is 18.4 Å². The van der Waals surface area contributed by atoms with Crippen molar-refractivity contribution in [3.05, 3.63) is 24.3 Å². The minimum absolute atomic E-state index is 0.00200. The molecule has 4 aliphatic carbocycles. The van der Waals surface area contributed by atoms with Crippen LogP contribution in [0.5, 0.6) is 0 Å². The first-order valence-corrected chi connectivity index (χ1v) is 9.44. The molecule has 0 radical (unpaired) electrons. The number of carbonyl (C=O) groups excluding carboxylic acids is 1. The molecule has 0 bridgehead atoms. The van der Waals surface area contributed by atoms with Crippen molar-refractivity contribution in [2.75, 3.05) is 0 Å². The topological polar surface area (TPSA) is 37.3 Å². The van der Waals surface area contributed by atoms with Crippen LogP contribution < -0.4 is 0 Å². The molecule has 0 spiro atoms. The summed E-state index contributed by atoms with van der Waals surface area (Å²) in [5, 5.41) is 11.1. The molecule has 0 aromatic carbocycles. The van der Waals surface area contributed by atoms with Crippen LogP contribution in [0.4, 0.5) is 0 Å². The van der Waals surface area contributed by atoms with Crippen molar-refractivity contribution in [3.8, 4) is 0 Å². The van der Waals surface area contributed by atoms with Crippen molar-refractivity contribution in [3.63, 3.8) is 0 Å². The molecule has 3 saturated carbocycles. The standard InChI is InChI=1S/C21H30O2/c1-4-21(23)12-9-18-16-6-5-14-13-15(22)7-10-19(14,2)17(16)8-11-20(18,21)3/h4,13,16-18,23H,1,5-12H2,2-3H3/t16-,17+,18-,19+,20+,21+/m1/s1. The molecule has 3 fully saturated rings. The van der Waals surface area contributed by atoms with Crippen LogP contribution in [-0.2, 0) is 4.79 Å². The van der Waals surface area contributed by atoms with Crippen LogP contribution in [0.15, 0.2) is 24.3 Å². The van der Waals surface area contributed by atoms with Crippen molar-refractivity contribution >= 4 is 5.78 Å². The molecule has 126 valence electrons. The summed E-state index contributed by atoms with van der Waals surface area (Å²) in [5.41, 5.74) is 0.975. The Morgan fingerprint density at radius 3 is 2.61 bits per heavy atom. The summed E-state index contributed by atoms with van der Waals surface area (Å²) >= 11 is 0. The van der Waals surface area contributed by atoms with E-state index in [0.717, 1.165) is 38.5 Å². The van der Waals surface area contributed by atoms with E-state index in [9.17, 15) is 9.90 Å². The molecular weight excluding hydrogens is 284 g/mol. The predicted molar refractivity (Wildman–Crippen MR) is 91.9 cm³/mol. The zero-order chi connectivity index (χ0) is 16.5. The third-order valence-electron chi connectivity index (χ3n) is 8.51. The lowest BCUT2D eigenvalue weighted by Gasteiger charge is -2.58. The molecule has 2 heteroatoms. The molecular formula is C21H30O2. The van der Waals surface area contributed by atoms with Gasteiger partial charge in [0.2, 0.25) is 0 Å². The molecule has 0 aromatic rings. The molecule has 6 atom stereocenters. The van der Waals surface area contributed by atoms with Crippen LogP contribution in [0.2, 0.25) is 0 Å². The molecule has 0 heterocycles. The van der Waals surface area contributed by atoms with E-state index in [1.807, 2.05) is 12.2 Å².